The lowest BCUT2D eigenvalue weighted by atomic mass is 10.0. The van der Waals surface area contributed by atoms with Gasteiger partial charge in [0.15, 0.2) is 5.78 Å². The lowest BCUT2D eigenvalue weighted by Gasteiger charge is -2.04. The number of benzene rings is 1. The molecule has 0 amide bonds. The van der Waals surface area contributed by atoms with Gasteiger partial charge >= 0.3 is 0 Å². The van der Waals surface area contributed by atoms with Crippen molar-refractivity contribution >= 4 is 11.5 Å². The van der Waals surface area contributed by atoms with Gasteiger partial charge in [-0.3, -0.25) is 9.78 Å². The Balaban J connectivity index is 1.98. The molecule has 0 atom stereocenters. The van der Waals surface area contributed by atoms with Gasteiger partial charge in [-0.15, -0.1) is 0 Å². The first-order chi connectivity index (χ1) is 8.74. The van der Waals surface area contributed by atoms with Crippen LogP contribution < -0.4 is 5.32 Å². The molecule has 1 aliphatic rings. The quantitative estimate of drug-likeness (QED) is 0.818. The molecule has 90 valence electrons. The normalized spacial score (nSPS) is 12.9. The molecule has 0 spiro atoms. The molecule has 0 saturated heterocycles. The molecule has 2 heterocycles. The summed E-state index contributed by atoms with van der Waals surface area (Å²) in [7, 11) is 0. The highest BCUT2D eigenvalue weighted by Gasteiger charge is 2.14. The minimum atomic E-state index is 0.0425. The summed E-state index contributed by atoms with van der Waals surface area (Å²) in [5.74, 6) is 0.0425. The molecule has 0 aliphatic carbocycles. The fourth-order valence-corrected chi connectivity index (χ4v) is 2.29. The van der Waals surface area contributed by atoms with Crippen molar-refractivity contribution in [2.45, 2.75) is 13.3 Å². The second kappa shape index (κ2) is 4.26. The van der Waals surface area contributed by atoms with E-state index in [1.807, 2.05) is 31.2 Å². The van der Waals surface area contributed by atoms with Gasteiger partial charge in [0.05, 0.1) is 0 Å². The van der Waals surface area contributed by atoms with Crippen molar-refractivity contribution in [2.75, 3.05) is 11.9 Å². The number of nitrogens with zero attached hydrogens (tertiary/aromatic N) is 1. The van der Waals surface area contributed by atoms with Gasteiger partial charge in [-0.1, -0.05) is 0 Å². The SMILES string of the molecule is Cc1cncc(C(=O)c2ccc3c(c2)CCN3)c1. The molecule has 18 heavy (non-hydrogen) atoms. The first kappa shape index (κ1) is 11.0. The number of ketones is 1. The van der Waals surface area contributed by atoms with Crippen LogP contribution in [0.1, 0.15) is 27.0 Å². The van der Waals surface area contributed by atoms with Gasteiger partial charge in [0.1, 0.15) is 0 Å². The molecule has 2 aromatic rings. The number of aryl methyl sites for hydroxylation is 1. The summed E-state index contributed by atoms with van der Waals surface area (Å²) in [6.07, 6.45) is 4.37. The summed E-state index contributed by atoms with van der Waals surface area (Å²) < 4.78 is 0. The van der Waals surface area contributed by atoms with E-state index < -0.39 is 0 Å². The van der Waals surface area contributed by atoms with E-state index in [9.17, 15) is 4.79 Å². The van der Waals surface area contributed by atoms with E-state index >= 15 is 0 Å². The number of fused-ring (bicyclic) bond motifs is 1. The summed E-state index contributed by atoms with van der Waals surface area (Å²) in [6.45, 7) is 2.90. The highest BCUT2D eigenvalue weighted by molar-refractivity contribution is 6.09. The Hall–Kier alpha value is -2.16. The third-order valence-corrected chi connectivity index (χ3v) is 3.21. The lowest BCUT2D eigenvalue weighted by Crippen LogP contribution is -2.02. The Morgan fingerprint density at radius 3 is 2.94 bits per heavy atom. The van der Waals surface area contributed by atoms with Gasteiger partial charge in [-0.25, -0.2) is 0 Å². The molecule has 3 rings (SSSR count). The lowest BCUT2D eigenvalue weighted by molar-refractivity contribution is 0.103. The largest absolute Gasteiger partial charge is 0.384 e. The van der Waals surface area contributed by atoms with E-state index in [0.717, 1.165) is 29.8 Å². The van der Waals surface area contributed by atoms with Gasteiger partial charge in [0.2, 0.25) is 0 Å². The Morgan fingerprint density at radius 1 is 1.22 bits per heavy atom. The maximum Gasteiger partial charge on any atom is 0.194 e. The van der Waals surface area contributed by atoms with Crippen LogP contribution in [-0.2, 0) is 6.42 Å². The minimum absolute atomic E-state index is 0.0425. The number of rotatable bonds is 2. The van der Waals surface area contributed by atoms with E-state index in [0.29, 0.717) is 5.56 Å². The standard InChI is InChI=1S/C15H14N2O/c1-10-6-13(9-16-8-10)15(18)12-2-3-14-11(7-12)4-5-17-14/h2-3,6-9,17H,4-5H2,1H3. The summed E-state index contributed by atoms with van der Waals surface area (Å²) >= 11 is 0. The van der Waals surface area contributed by atoms with Crippen molar-refractivity contribution in [1.82, 2.24) is 4.98 Å². The molecular weight excluding hydrogens is 224 g/mol. The van der Waals surface area contributed by atoms with Crippen LogP contribution in [0.5, 0.6) is 0 Å². The molecule has 0 saturated carbocycles. The molecule has 0 radical (unpaired) electrons. The van der Waals surface area contributed by atoms with E-state index in [1.54, 1.807) is 12.4 Å². The monoisotopic (exact) mass is 238 g/mol. The Bertz CT molecular complexity index is 620. The van der Waals surface area contributed by atoms with E-state index in [-0.39, 0.29) is 5.78 Å². The molecule has 3 heteroatoms. The Morgan fingerprint density at radius 2 is 2.11 bits per heavy atom. The summed E-state index contributed by atoms with van der Waals surface area (Å²) in [4.78, 5) is 16.4. The molecule has 0 unspecified atom stereocenters. The molecule has 0 bridgehead atoms. The van der Waals surface area contributed by atoms with Crippen LogP contribution >= 0.6 is 0 Å². The number of hydrogen-bond acceptors (Lipinski definition) is 3. The predicted octanol–water partition coefficient (Wildman–Crippen LogP) is 2.59. The first-order valence-electron chi connectivity index (χ1n) is 6.07. The van der Waals surface area contributed by atoms with Crippen molar-refractivity contribution in [2.24, 2.45) is 0 Å². The summed E-state index contributed by atoms with van der Waals surface area (Å²) in [5, 5.41) is 3.29. The predicted molar refractivity (Wildman–Crippen MR) is 71.0 cm³/mol. The molecule has 1 aliphatic heterocycles. The average Bonchev–Trinajstić information content (AvgIpc) is 2.85. The average molecular weight is 238 g/mol. The third kappa shape index (κ3) is 1.88. The molecule has 3 nitrogen and oxygen atoms in total. The highest BCUT2D eigenvalue weighted by atomic mass is 16.1. The smallest absolute Gasteiger partial charge is 0.194 e. The van der Waals surface area contributed by atoms with Crippen molar-refractivity contribution in [1.29, 1.82) is 0 Å². The van der Waals surface area contributed by atoms with Crippen LogP contribution in [0.4, 0.5) is 5.69 Å². The zero-order valence-electron chi connectivity index (χ0n) is 10.2. The van der Waals surface area contributed by atoms with Crippen LogP contribution in [0.2, 0.25) is 0 Å². The van der Waals surface area contributed by atoms with E-state index in [2.05, 4.69) is 10.3 Å². The highest BCUT2D eigenvalue weighted by Crippen LogP contribution is 2.24. The molecule has 1 aromatic heterocycles. The summed E-state index contributed by atoms with van der Waals surface area (Å²) in [6, 6.07) is 7.72. The van der Waals surface area contributed by atoms with Crippen LogP contribution in [-0.4, -0.2) is 17.3 Å². The fourth-order valence-electron chi connectivity index (χ4n) is 2.29. The maximum absolute atomic E-state index is 12.3. The van der Waals surface area contributed by atoms with Gasteiger partial charge in [0.25, 0.3) is 0 Å². The number of pyridine rings is 1. The fraction of sp³-hybridized carbons (Fsp3) is 0.200. The summed E-state index contributed by atoms with van der Waals surface area (Å²) in [5.41, 5.74) is 4.77. The zero-order valence-corrected chi connectivity index (χ0v) is 10.2. The van der Waals surface area contributed by atoms with Gasteiger partial charge in [0, 0.05) is 35.8 Å². The topological polar surface area (TPSA) is 42.0 Å². The number of hydrogen-bond donors (Lipinski definition) is 1. The minimum Gasteiger partial charge on any atom is -0.384 e. The van der Waals surface area contributed by atoms with Crippen molar-refractivity contribution < 1.29 is 4.79 Å². The van der Waals surface area contributed by atoms with Crippen molar-refractivity contribution in [3.05, 3.63) is 58.9 Å². The number of carbonyl (C=O) groups is 1. The Kier molecular flexibility index (Phi) is 2.59. The van der Waals surface area contributed by atoms with Crippen LogP contribution in [0.15, 0.2) is 36.7 Å². The van der Waals surface area contributed by atoms with E-state index in [4.69, 9.17) is 0 Å². The van der Waals surface area contributed by atoms with Crippen LogP contribution in [0.3, 0.4) is 0 Å². The number of aromatic nitrogens is 1. The molecule has 1 aromatic carbocycles. The van der Waals surface area contributed by atoms with Gasteiger partial charge < -0.3 is 5.32 Å². The molecule has 1 N–H and O–H groups in total. The van der Waals surface area contributed by atoms with Gasteiger partial charge in [-0.2, -0.15) is 0 Å². The van der Waals surface area contributed by atoms with E-state index in [1.165, 1.54) is 5.56 Å². The van der Waals surface area contributed by atoms with Gasteiger partial charge in [-0.05, 0) is 48.7 Å². The number of anilines is 1. The van der Waals surface area contributed by atoms with Crippen LogP contribution in [0.25, 0.3) is 0 Å². The first-order valence-corrected chi connectivity index (χ1v) is 6.07. The second-order valence-electron chi connectivity index (χ2n) is 4.63. The zero-order chi connectivity index (χ0) is 12.5. The number of nitrogens with one attached hydrogen (secondary N) is 1. The molecular formula is C15H14N2O. The number of carbonyl (C=O) groups excluding carboxylic acids is 1. The van der Waals surface area contributed by atoms with Crippen molar-refractivity contribution in [3.63, 3.8) is 0 Å². The second-order valence-corrected chi connectivity index (χ2v) is 4.63. The maximum atomic E-state index is 12.3. The van der Waals surface area contributed by atoms with Crippen molar-refractivity contribution in [3.8, 4) is 0 Å². The molecule has 0 fully saturated rings. The Labute approximate surface area is 106 Å². The van der Waals surface area contributed by atoms with Crippen LogP contribution in [0, 0.1) is 6.92 Å². The third-order valence-electron chi connectivity index (χ3n) is 3.21.